The van der Waals surface area contributed by atoms with Crippen LogP contribution in [0.5, 0.6) is 0 Å². The van der Waals surface area contributed by atoms with Gasteiger partial charge in [0, 0.05) is 6.61 Å². The van der Waals surface area contributed by atoms with Crippen molar-refractivity contribution in [2.24, 2.45) is 0 Å². The molecule has 18 heavy (non-hydrogen) atoms. The maximum Gasteiger partial charge on any atom is 0.424 e. The third-order valence-corrected chi connectivity index (χ3v) is 3.37. The van der Waals surface area contributed by atoms with E-state index in [1.165, 1.54) is 19.1 Å². The lowest BCUT2D eigenvalue weighted by Crippen LogP contribution is -2.56. The van der Waals surface area contributed by atoms with Gasteiger partial charge in [0.25, 0.3) is 0 Å². The van der Waals surface area contributed by atoms with Crippen LogP contribution in [0.4, 0.5) is 13.2 Å². The maximum atomic E-state index is 13.4. The lowest BCUT2D eigenvalue weighted by Gasteiger charge is -2.43. The quantitative estimate of drug-likeness (QED) is 0.886. The van der Waals surface area contributed by atoms with Crippen LogP contribution in [0.3, 0.4) is 0 Å². The van der Waals surface area contributed by atoms with Crippen molar-refractivity contribution in [2.75, 3.05) is 6.61 Å². The second kappa shape index (κ2) is 4.55. The molecule has 0 fully saturated rings. The van der Waals surface area contributed by atoms with Gasteiger partial charge in [0.1, 0.15) is 0 Å². The Morgan fingerprint density at radius 3 is 2.67 bits per heavy atom. The van der Waals surface area contributed by atoms with Gasteiger partial charge in [-0.25, -0.2) is 0 Å². The lowest BCUT2D eigenvalue weighted by molar-refractivity contribution is -0.317. The standard InChI is InChI=1S/C13H15F3O2/c1-2-18-12(13(14,15)16)10-6-4-3-5-9(10)7-8-11(12)17/h3-6,11,17H,2,7-8H2,1H3/t11-,12+/m0/s1. The van der Waals surface area contributed by atoms with Gasteiger partial charge < -0.3 is 9.84 Å². The van der Waals surface area contributed by atoms with Crippen molar-refractivity contribution in [3.8, 4) is 0 Å². The Hall–Kier alpha value is -1.07. The topological polar surface area (TPSA) is 29.5 Å². The van der Waals surface area contributed by atoms with Crippen LogP contribution in [0, 0.1) is 0 Å². The number of rotatable bonds is 2. The maximum absolute atomic E-state index is 13.4. The van der Waals surface area contributed by atoms with Crippen LogP contribution in [0.1, 0.15) is 24.5 Å². The van der Waals surface area contributed by atoms with E-state index in [1.807, 2.05) is 0 Å². The first-order chi connectivity index (χ1) is 8.43. The molecule has 0 unspecified atom stereocenters. The molecular weight excluding hydrogens is 245 g/mol. The molecule has 0 saturated heterocycles. The van der Waals surface area contributed by atoms with Crippen LogP contribution in [-0.4, -0.2) is 24.0 Å². The second-order valence-corrected chi connectivity index (χ2v) is 4.38. The van der Waals surface area contributed by atoms with E-state index < -0.39 is 17.9 Å². The average Bonchev–Trinajstić information content (AvgIpc) is 2.31. The van der Waals surface area contributed by atoms with E-state index in [9.17, 15) is 18.3 Å². The van der Waals surface area contributed by atoms with Gasteiger partial charge in [0.05, 0.1) is 6.10 Å². The molecule has 100 valence electrons. The summed E-state index contributed by atoms with van der Waals surface area (Å²) in [5.74, 6) is 0. The van der Waals surface area contributed by atoms with Crippen LogP contribution in [0.2, 0.25) is 0 Å². The van der Waals surface area contributed by atoms with Crippen molar-refractivity contribution in [1.82, 2.24) is 0 Å². The third-order valence-electron chi connectivity index (χ3n) is 3.37. The Bertz CT molecular complexity index is 430. The molecule has 0 saturated carbocycles. The van der Waals surface area contributed by atoms with Crippen molar-refractivity contribution in [3.05, 3.63) is 35.4 Å². The Balaban J connectivity index is 2.63. The molecule has 0 bridgehead atoms. The predicted octanol–water partition coefficient (Wildman–Crippen LogP) is 2.79. The first kappa shape index (κ1) is 13.4. The molecule has 0 radical (unpaired) electrons. The van der Waals surface area contributed by atoms with Gasteiger partial charge in [0.2, 0.25) is 5.60 Å². The van der Waals surface area contributed by atoms with Gasteiger partial charge in [0.15, 0.2) is 0 Å². The first-order valence-electron chi connectivity index (χ1n) is 5.90. The van der Waals surface area contributed by atoms with E-state index >= 15 is 0 Å². The lowest BCUT2D eigenvalue weighted by atomic mass is 9.76. The monoisotopic (exact) mass is 260 g/mol. The van der Waals surface area contributed by atoms with E-state index in [2.05, 4.69) is 0 Å². The number of halogens is 3. The molecule has 1 N–H and O–H groups in total. The minimum absolute atomic E-state index is 0.0399. The predicted molar refractivity (Wildman–Crippen MR) is 60.1 cm³/mol. The van der Waals surface area contributed by atoms with Crippen LogP contribution in [0.25, 0.3) is 0 Å². The molecule has 1 aromatic carbocycles. The van der Waals surface area contributed by atoms with Crippen molar-refractivity contribution in [1.29, 1.82) is 0 Å². The van der Waals surface area contributed by atoms with Crippen LogP contribution in [-0.2, 0) is 16.8 Å². The molecule has 2 atom stereocenters. The first-order valence-corrected chi connectivity index (χ1v) is 5.90. The molecule has 2 rings (SSSR count). The zero-order chi connectivity index (χ0) is 13.4. The number of benzene rings is 1. The molecule has 2 nitrogen and oxygen atoms in total. The Labute approximate surface area is 103 Å². The summed E-state index contributed by atoms with van der Waals surface area (Å²) in [5, 5.41) is 9.89. The Morgan fingerprint density at radius 1 is 1.39 bits per heavy atom. The summed E-state index contributed by atoms with van der Waals surface area (Å²) in [6.07, 6.45) is -5.72. The van der Waals surface area contributed by atoms with Crippen molar-refractivity contribution < 1.29 is 23.0 Å². The number of fused-ring (bicyclic) bond motifs is 1. The Kier molecular flexibility index (Phi) is 3.38. The van der Waals surface area contributed by atoms with Gasteiger partial charge in [-0.3, -0.25) is 0 Å². The number of ether oxygens (including phenoxy) is 1. The van der Waals surface area contributed by atoms with Gasteiger partial charge in [-0.2, -0.15) is 13.2 Å². The minimum Gasteiger partial charge on any atom is -0.389 e. The minimum atomic E-state index is -4.64. The van der Waals surface area contributed by atoms with E-state index in [1.54, 1.807) is 12.1 Å². The van der Waals surface area contributed by atoms with Crippen LogP contribution in [0.15, 0.2) is 24.3 Å². The van der Waals surface area contributed by atoms with Gasteiger partial charge in [-0.05, 0) is 30.9 Å². The molecule has 5 heteroatoms. The van der Waals surface area contributed by atoms with Crippen molar-refractivity contribution in [3.63, 3.8) is 0 Å². The average molecular weight is 260 g/mol. The summed E-state index contributed by atoms with van der Waals surface area (Å²) in [7, 11) is 0. The smallest absolute Gasteiger partial charge is 0.389 e. The summed E-state index contributed by atoms with van der Waals surface area (Å²) in [6, 6.07) is 6.28. The molecule has 1 aliphatic carbocycles. The number of aliphatic hydroxyl groups excluding tert-OH is 1. The Morgan fingerprint density at radius 2 is 2.06 bits per heavy atom. The largest absolute Gasteiger partial charge is 0.424 e. The number of hydrogen-bond acceptors (Lipinski definition) is 2. The second-order valence-electron chi connectivity index (χ2n) is 4.38. The van der Waals surface area contributed by atoms with Gasteiger partial charge in [-0.1, -0.05) is 24.3 Å². The number of hydrogen-bond donors (Lipinski definition) is 1. The highest BCUT2D eigenvalue weighted by molar-refractivity contribution is 5.38. The third kappa shape index (κ3) is 1.82. The fraction of sp³-hybridized carbons (Fsp3) is 0.538. The molecule has 1 aromatic rings. The molecule has 0 spiro atoms. The zero-order valence-corrected chi connectivity index (χ0v) is 10.00. The summed E-state index contributed by atoms with van der Waals surface area (Å²) in [5.41, 5.74) is -1.96. The molecule has 0 aromatic heterocycles. The number of alkyl halides is 3. The van der Waals surface area contributed by atoms with Crippen molar-refractivity contribution >= 4 is 0 Å². The fourth-order valence-corrected chi connectivity index (χ4v) is 2.60. The van der Waals surface area contributed by atoms with Crippen LogP contribution >= 0.6 is 0 Å². The molecule has 0 amide bonds. The highest BCUT2D eigenvalue weighted by atomic mass is 19.4. The molecule has 0 heterocycles. The normalized spacial score (nSPS) is 27.9. The highest BCUT2D eigenvalue weighted by Crippen LogP contribution is 2.49. The SMILES string of the molecule is CCO[C@]1(C(F)(F)F)c2ccccc2CC[C@@H]1O. The van der Waals surface area contributed by atoms with E-state index in [0.717, 1.165) is 0 Å². The molecular formula is C13H15F3O2. The van der Waals surface area contributed by atoms with Crippen molar-refractivity contribution in [2.45, 2.75) is 37.6 Å². The fourth-order valence-electron chi connectivity index (χ4n) is 2.60. The highest BCUT2D eigenvalue weighted by Gasteiger charge is 2.63. The molecule has 1 aliphatic rings. The van der Waals surface area contributed by atoms with E-state index in [4.69, 9.17) is 4.74 Å². The zero-order valence-electron chi connectivity index (χ0n) is 10.00. The van der Waals surface area contributed by atoms with E-state index in [0.29, 0.717) is 12.0 Å². The summed E-state index contributed by atoms with van der Waals surface area (Å²) in [6.45, 7) is 1.39. The van der Waals surface area contributed by atoms with E-state index in [-0.39, 0.29) is 18.6 Å². The summed E-state index contributed by atoms with van der Waals surface area (Å²) >= 11 is 0. The van der Waals surface area contributed by atoms with Crippen LogP contribution < -0.4 is 0 Å². The van der Waals surface area contributed by atoms with Gasteiger partial charge >= 0.3 is 6.18 Å². The number of aliphatic hydroxyl groups is 1. The van der Waals surface area contributed by atoms with Gasteiger partial charge in [-0.15, -0.1) is 0 Å². The number of aryl methyl sites for hydroxylation is 1. The summed E-state index contributed by atoms with van der Waals surface area (Å²) < 4.78 is 45.3. The summed E-state index contributed by atoms with van der Waals surface area (Å²) in [4.78, 5) is 0. The molecule has 0 aliphatic heterocycles.